The van der Waals surface area contributed by atoms with Gasteiger partial charge >= 0.3 is 0 Å². The summed E-state index contributed by atoms with van der Waals surface area (Å²) < 4.78 is 35.2. The minimum atomic E-state index is -4.62. The van der Waals surface area contributed by atoms with Crippen LogP contribution in [0.15, 0.2) is 95.9 Å². The zero-order chi connectivity index (χ0) is 29.6. The Morgan fingerprint density at radius 1 is 0.455 bits per heavy atom. The lowest BCUT2D eigenvalue weighted by Gasteiger charge is -1.99. The van der Waals surface area contributed by atoms with E-state index in [1.54, 1.807) is 12.1 Å². The van der Waals surface area contributed by atoms with Crippen molar-refractivity contribution in [3.8, 4) is 45.6 Å². The van der Waals surface area contributed by atoms with Crippen LogP contribution in [0.25, 0.3) is 89.7 Å². The third-order valence-electron chi connectivity index (χ3n) is 7.82. The van der Waals surface area contributed by atoms with Crippen LogP contribution in [0.3, 0.4) is 0 Å². The van der Waals surface area contributed by atoms with Crippen LogP contribution in [0.2, 0.25) is 0 Å². The molecule has 0 atom stereocenters. The Morgan fingerprint density at radius 3 is 1.32 bits per heavy atom. The number of hydrogen-bond acceptors (Lipinski definition) is 8. The van der Waals surface area contributed by atoms with Crippen molar-refractivity contribution in [3.63, 3.8) is 0 Å². The van der Waals surface area contributed by atoms with Gasteiger partial charge in [0.2, 0.25) is 0 Å². The summed E-state index contributed by atoms with van der Waals surface area (Å²) in [6.07, 6.45) is 0. The van der Waals surface area contributed by atoms with Gasteiger partial charge in [-0.05, 0) is 6.07 Å². The molecule has 0 radical (unpaired) electrons. The van der Waals surface area contributed by atoms with Gasteiger partial charge in [0, 0.05) is 43.8 Å². The Labute approximate surface area is 248 Å². The first-order valence-electron chi connectivity index (χ1n) is 13.6. The highest BCUT2D eigenvalue weighted by atomic mass is 32.2. The van der Waals surface area contributed by atoms with E-state index in [0.29, 0.717) is 45.6 Å². The number of nitrogens with zero attached hydrogens (tertiary/aromatic N) is 6. The molecule has 3 N–H and O–H groups in total. The van der Waals surface area contributed by atoms with Gasteiger partial charge in [-0.3, -0.25) is 4.55 Å². The Balaban J connectivity index is 1.53. The Hall–Kier alpha value is -5.85. The molecule has 0 saturated carbocycles. The number of H-pyrrole nitrogens is 2. The van der Waals surface area contributed by atoms with Gasteiger partial charge in [-0.1, -0.05) is 84.9 Å². The summed E-state index contributed by atoms with van der Waals surface area (Å²) in [6.45, 7) is 0. The SMILES string of the molecule is O=S(=O)(O)c1cccc2c3nc4nc(nc5[nH]c(nc6nc(nc([nH]3)c12)-c1ccccc1-6)c1ccccc51)-c1ccccc1-4. The van der Waals surface area contributed by atoms with Gasteiger partial charge in [0.05, 0.1) is 0 Å². The van der Waals surface area contributed by atoms with Crippen LogP contribution in [0, 0.1) is 0 Å². The van der Waals surface area contributed by atoms with Crippen molar-refractivity contribution in [2.45, 2.75) is 4.90 Å². The van der Waals surface area contributed by atoms with Gasteiger partial charge in [0.25, 0.3) is 10.1 Å². The summed E-state index contributed by atoms with van der Waals surface area (Å²) in [5, 5.41) is 2.36. The van der Waals surface area contributed by atoms with Crippen molar-refractivity contribution in [1.82, 2.24) is 39.9 Å². The molecule has 11 nitrogen and oxygen atoms in total. The molecule has 3 aromatic heterocycles. The predicted molar refractivity (Wildman–Crippen MR) is 166 cm³/mol. The van der Waals surface area contributed by atoms with Gasteiger partial charge in [-0.2, -0.15) is 8.42 Å². The van der Waals surface area contributed by atoms with Gasteiger partial charge in [-0.25, -0.2) is 29.9 Å². The normalized spacial score (nSPS) is 12.4. The molecule has 0 spiro atoms. The van der Waals surface area contributed by atoms with Crippen molar-refractivity contribution in [1.29, 1.82) is 0 Å². The Morgan fingerprint density at radius 2 is 0.841 bits per heavy atom. The molecule has 0 amide bonds. The highest BCUT2D eigenvalue weighted by Gasteiger charge is 2.24. The molecular weight excluding hydrogens is 576 g/mol. The largest absolute Gasteiger partial charge is 0.324 e. The van der Waals surface area contributed by atoms with Crippen LogP contribution < -0.4 is 0 Å². The van der Waals surface area contributed by atoms with Crippen molar-refractivity contribution in [2.75, 3.05) is 0 Å². The third kappa shape index (κ3) is 3.62. The van der Waals surface area contributed by atoms with Crippen molar-refractivity contribution in [2.24, 2.45) is 0 Å². The van der Waals surface area contributed by atoms with Crippen LogP contribution >= 0.6 is 0 Å². The fraction of sp³-hybridized carbons (Fsp3) is 0. The summed E-state index contributed by atoms with van der Waals surface area (Å²) in [4.78, 5) is 35.4. The monoisotopic (exact) mass is 594 g/mol. The number of rotatable bonds is 1. The Kier molecular flexibility index (Phi) is 4.96. The second-order valence-electron chi connectivity index (χ2n) is 10.4. The molecule has 5 heterocycles. The molecule has 0 unspecified atom stereocenters. The van der Waals surface area contributed by atoms with Gasteiger partial charge < -0.3 is 9.97 Å². The predicted octanol–water partition coefficient (Wildman–Crippen LogP) is 6.12. The maximum Gasteiger partial charge on any atom is 0.295 e. The molecule has 4 aromatic carbocycles. The molecule has 210 valence electrons. The zero-order valence-electron chi connectivity index (χ0n) is 22.5. The van der Waals surface area contributed by atoms with E-state index in [2.05, 4.69) is 9.97 Å². The van der Waals surface area contributed by atoms with Crippen LogP contribution in [-0.4, -0.2) is 52.8 Å². The molecule has 12 heteroatoms. The first-order valence-corrected chi connectivity index (χ1v) is 15.1. The number of hydrogen-bond donors (Lipinski definition) is 3. The molecule has 2 aliphatic rings. The lowest BCUT2D eigenvalue weighted by atomic mass is 10.1. The minimum Gasteiger partial charge on any atom is -0.324 e. The first kappa shape index (κ1) is 24.7. The second kappa shape index (κ2) is 8.83. The van der Waals surface area contributed by atoms with Crippen LogP contribution in [0.1, 0.15) is 0 Å². The van der Waals surface area contributed by atoms with E-state index < -0.39 is 10.1 Å². The molecular formula is C32H18N8O3S. The molecule has 0 saturated heterocycles. The van der Waals surface area contributed by atoms with E-state index in [1.165, 1.54) is 6.07 Å². The smallest absolute Gasteiger partial charge is 0.295 e. The van der Waals surface area contributed by atoms with E-state index in [4.69, 9.17) is 29.9 Å². The van der Waals surface area contributed by atoms with E-state index >= 15 is 0 Å². The van der Waals surface area contributed by atoms with E-state index in [0.717, 1.165) is 33.0 Å². The van der Waals surface area contributed by atoms with Crippen molar-refractivity contribution >= 4 is 54.3 Å². The summed E-state index contributed by atoms with van der Waals surface area (Å²) in [5.41, 5.74) is 4.68. The van der Waals surface area contributed by atoms with Crippen molar-refractivity contribution in [3.05, 3.63) is 91.0 Å². The summed E-state index contributed by atoms with van der Waals surface area (Å²) in [7, 11) is -4.62. The highest BCUT2D eigenvalue weighted by Crippen LogP contribution is 2.37. The fourth-order valence-corrected chi connectivity index (χ4v) is 6.59. The maximum atomic E-state index is 12.5. The molecule has 7 aromatic rings. The molecule has 0 fully saturated rings. The Bertz CT molecular complexity index is 2660. The molecule has 44 heavy (non-hydrogen) atoms. The molecule has 2 aliphatic heterocycles. The lowest BCUT2D eigenvalue weighted by molar-refractivity contribution is 0.484. The van der Waals surface area contributed by atoms with Gasteiger partial charge in [-0.15, -0.1) is 0 Å². The summed E-state index contributed by atoms with van der Waals surface area (Å²) in [6, 6.07) is 27.6. The van der Waals surface area contributed by atoms with E-state index in [-0.39, 0.29) is 15.9 Å². The molecule has 0 aliphatic carbocycles. The van der Waals surface area contributed by atoms with Gasteiger partial charge in [0.15, 0.2) is 23.3 Å². The topological polar surface area (TPSA) is 163 Å². The average molecular weight is 595 g/mol. The van der Waals surface area contributed by atoms with Gasteiger partial charge in [0.1, 0.15) is 27.5 Å². The minimum absolute atomic E-state index is 0.169. The number of fused-ring (bicyclic) bond motifs is 20. The summed E-state index contributed by atoms with van der Waals surface area (Å²) >= 11 is 0. The zero-order valence-corrected chi connectivity index (χ0v) is 23.3. The fourth-order valence-electron chi connectivity index (χ4n) is 5.87. The summed E-state index contributed by atoms with van der Waals surface area (Å²) in [5.74, 6) is 1.60. The first-order chi connectivity index (χ1) is 21.4. The van der Waals surface area contributed by atoms with Crippen LogP contribution in [-0.2, 0) is 10.1 Å². The second-order valence-corrected chi connectivity index (χ2v) is 11.8. The van der Waals surface area contributed by atoms with E-state index in [9.17, 15) is 13.0 Å². The van der Waals surface area contributed by atoms with Crippen LogP contribution in [0.4, 0.5) is 0 Å². The number of nitrogens with one attached hydrogen (secondary N) is 2. The standard InChI is InChI=1S/C32H18N8O3S/c41-44(42,43)23-15-7-14-22-24(23)32-39-30-21-13-6-5-12-20(21)28(37-30)35-26-17-9-2-1-8-16(17)25(33-26)34-27-18-10-3-4-11-19(18)29(36-27)38-31(22)40-32/h1-15H,(H,41,42,43)(H2,33,34,35,36,37,38,39,40). The molecule has 8 bridgehead atoms. The number of aromatic nitrogens is 8. The average Bonchev–Trinajstić information content (AvgIpc) is 3.76. The van der Waals surface area contributed by atoms with E-state index in [1.807, 2.05) is 72.8 Å². The highest BCUT2D eigenvalue weighted by molar-refractivity contribution is 7.86. The number of aromatic amines is 2. The molecule has 9 rings (SSSR count). The quantitative estimate of drug-likeness (QED) is 0.190. The maximum absolute atomic E-state index is 12.5. The number of benzene rings is 4. The van der Waals surface area contributed by atoms with Crippen molar-refractivity contribution < 1.29 is 13.0 Å². The lowest BCUT2D eigenvalue weighted by Crippen LogP contribution is -1.98. The van der Waals surface area contributed by atoms with Crippen LogP contribution in [0.5, 0.6) is 0 Å². The third-order valence-corrected chi connectivity index (χ3v) is 8.72.